The Morgan fingerprint density at radius 1 is 1.16 bits per heavy atom. The van der Waals surface area contributed by atoms with E-state index in [1.165, 1.54) is 18.2 Å². The number of carbonyl (C=O) groups is 1. The molecule has 0 radical (unpaired) electrons. The highest BCUT2D eigenvalue weighted by molar-refractivity contribution is 5.83. The van der Waals surface area contributed by atoms with Crippen LogP contribution in [0.4, 0.5) is 8.78 Å². The molecule has 7 rings (SSSR count). The van der Waals surface area contributed by atoms with Crippen LogP contribution in [-0.2, 0) is 16.2 Å². The Morgan fingerprint density at radius 3 is 2.55 bits per heavy atom. The number of nitrogens with zero attached hydrogens (tertiary/aromatic N) is 1. The molecule has 4 fully saturated rings. The van der Waals surface area contributed by atoms with Crippen LogP contribution in [0.3, 0.4) is 0 Å². The highest BCUT2D eigenvalue weighted by Crippen LogP contribution is 2.55. The summed E-state index contributed by atoms with van der Waals surface area (Å²) in [6.45, 7) is 8.13. The van der Waals surface area contributed by atoms with Gasteiger partial charge in [-0.2, -0.15) is 5.06 Å². The number of hydrogen-bond donors (Lipinski definition) is 3. The minimum absolute atomic E-state index is 0.0114. The molecule has 5 aliphatic rings. The molecule has 9 nitrogen and oxygen atoms in total. The fraction of sp³-hybridized carbons (Fsp3) is 0.606. The number of fused-ring (bicyclic) bond motifs is 4. The number of amides is 1. The first kappa shape index (κ1) is 31.0. The minimum atomic E-state index is -3.78. The molecule has 0 aromatic heterocycles. The zero-order valence-electron chi connectivity index (χ0n) is 25.8. The quantitative estimate of drug-likeness (QED) is 0.391. The standard InChI is InChI=1S/C33H42F2N2O7/c1-17-23-13-12-19(14-32(23,3)4)27(17)36-31(40)28-26(18(2)39)25(16-38)44-37(28)15-20-8-6-9-21(29(20)41-5)22-10-7-11-24-30(22)43-33(34,35)42-24/h6-11,17-19,23,25-28,38-39H,12-16H2,1-5H3,(H,36,40)/t17-,18-,19?,23-,25-,26+,27+,28-/m0/s1. The van der Waals surface area contributed by atoms with Crippen LogP contribution < -0.4 is 19.5 Å². The molecule has 2 aromatic rings. The maximum absolute atomic E-state index is 14.1. The van der Waals surface area contributed by atoms with Crippen LogP contribution in [0.1, 0.15) is 52.5 Å². The molecule has 11 heteroatoms. The van der Waals surface area contributed by atoms with E-state index in [0.717, 1.165) is 19.3 Å². The molecule has 3 N–H and O–H groups in total. The minimum Gasteiger partial charge on any atom is -0.496 e. The van der Waals surface area contributed by atoms with Gasteiger partial charge >= 0.3 is 6.29 Å². The number of rotatable bonds is 8. The largest absolute Gasteiger partial charge is 0.586 e. The second-order valence-corrected chi connectivity index (χ2v) is 13.5. The summed E-state index contributed by atoms with van der Waals surface area (Å²) in [6.07, 6.45) is -2.25. The van der Waals surface area contributed by atoms with E-state index in [2.05, 4.69) is 30.8 Å². The van der Waals surface area contributed by atoms with Crippen molar-refractivity contribution in [1.29, 1.82) is 0 Å². The fourth-order valence-electron chi connectivity index (χ4n) is 8.56. The smallest absolute Gasteiger partial charge is 0.496 e. The van der Waals surface area contributed by atoms with E-state index in [1.807, 2.05) is 0 Å². The van der Waals surface area contributed by atoms with Crippen molar-refractivity contribution in [2.24, 2.45) is 29.1 Å². The molecule has 2 heterocycles. The summed E-state index contributed by atoms with van der Waals surface area (Å²) in [6, 6.07) is 9.03. The Hall–Kier alpha value is -2.99. The van der Waals surface area contributed by atoms with Gasteiger partial charge in [0.05, 0.1) is 26.4 Å². The third-order valence-corrected chi connectivity index (χ3v) is 10.4. The van der Waals surface area contributed by atoms with E-state index < -0.39 is 30.5 Å². The molecule has 2 bridgehead atoms. The highest BCUT2D eigenvalue weighted by atomic mass is 19.3. The summed E-state index contributed by atoms with van der Waals surface area (Å²) < 4.78 is 43.2. The monoisotopic (exact) mass is 616 g/mol. The number of nitrogens with one attached hydrogen (secondary N) is 1. The molecule has 2 aromatic carbocycles. The first-order valence-electron chi connectivity index (χ1n) is 15.4. The van der Waals surface area contributed by atoms with Crippen molar-refractivity contribution < 1.29 is 42.8 Å². The summed E-state index contributed by atoms with van der Waals surface area (Å²) in [7, 11) is 1.47. The Kier molecular flexibility index (Phi) is 8.05. The van der Waals surface area contributed by atoms with Crippen LogP contribution in [0, 0.1) is 29.1 Å². The number of para-hydroxylation sites is 2. The van der Waals surface area contributed by atoms with Gasteiger partial charge in [0.25, 0.3) is 0 Å². The zero-order chi connectivity index (χ0) is 31.6. The molecule has 240 valence electrons. The summed E-state index contributed by atoms with van der Waals surface area (Å²) in [5.41, 5.74) is 1.68. The average Bonchev–Trinajstić information content (AvgIpc) is 3.49. The van der Waals surface area contributed by atoms with Crippen molar-refractivity contribution in [1.82, 2.24) is 10.4 Å². The number of aliphatic hydroxyl groups excluding tert-OH is 2. The number of hydrogen-bond acceptors (Lipinski definition) is 8. The van der Waals surface area contributed by atoms with E-state index in [4.69, 9.17) is 14.3 Å². The number of methoxy groups -OCH3 is 1. The number of ether oxygens (including phenoxy) is 3. The third kappa shape index (κ3) is 5.31. The summed E-state index contributed by atoms with van der Waals surface area (Å²) in [5, 5.41) is 25.8. The molecule has 0 spiro atoms. The van der Waals surface area contributed by atoms with Crippen molar-refractivity contribution in [3.8, 4) is 28.4 Å². The first-order chi connectivity index (χ1) is 20.8. The molecule has 2 aliphatic heterocycles. The highest BCUT2D eigenvalue weighted by Gasteiger charge is 2.54. The van der Waals surface area contributed by atoms with Crippen molar-refractivity contribution in [2.45, 2.75) is 84.1 Å². The second-order valence-electron chi connectivity index (χ2n) is 13.5. The predicted octanol–water partition coefficient (Wildman–Crippen LogP) is 4.73. The fourth-order valence-corrected chi connectivity index (χ4v) is 8.56. The molecule has 3 saturated carbocycles. The van der Waals surface area contributed by atoms with Crippen LogP contribution in [0.25, 0.3) is 11.1 Å². The predicted molar refractivity (Wildman–Crippen MR) is 157 cm³/mol. The van der Waals surface area contributed by atoms with Crippen LogP contribution >= 0.6 is 0 Å². The van der Waals surface area contributed by atoms with Crippen molar-refractivity contribution in [3.05, 3.63) is 42.0 Å². The van der Waals surface area contributed by atoms with Crippen LogP contribution in [0.2, 0.25) is 0 Å². The third-order valence-electron chi connectivity index (χ3n) is 10.4. The lowest BCUT2D eigenvalue weighted by Gasteiger charge is -2.56. The van der Waals surface area contributed by atoms with Gasteiger partial charge in [-0.3, -0.25) is 9.63 Å². The van der Waals surface area contributed by atoms with Crippen molar-refractivity contribution in [2.75, 3.05) is 13.7 Å². The lowest BCUT2D eigenvalue weighted by atomic mass is 9.52. The van der Waals surface area contributed by atoms with Crippen molar-refractivity contribution >= 4 is 5.91 Å². The average molecular weight is 617 g/mol. The lowest BCUT2D eigenvalue weighted by Crippen LogP contribution is -2.60. The van der Waals surface area contributed by atoms with E-state index in [0.29, 0.717) is 40.2 Å². The lowest BCUT2D eigenvalue weighted by molar-refractivity contribution is -0.286. The van der Waals surface area contributed by atoms with E-state index in [1.54, 1.807) is 37.3 Å². The van der Waals surface area contributed by atoms with Crippen LogP contribution in [-0.4, -0.2) is 65.5 Å². The first-order valence-corrected chi connectivity index (χ1v) is 15.4. The van der Waals surface area contributed by atoms with Gasteiger partial charge in [-0.1, -0.05) is 51.1 Å². The normalized spacial score (nSPS) is 32.4. The van der Waals surface area contributed by atoms with Gasteiger partial charge < -0.3 is 29.7 Å². The van der Waals surface area contributed by atoms with Gasteiger partial charge in [0.1, 0.15) is 17.9 Å². The van der Waals surface area contributed by atoms with Gasteiger partial charge in [-0.15, -0.1) is 8.78 Å². The summed E-state index contributed by atoms with van der Waals surface area (Å²) in [4.78, 5) is 20.3. The molecule has 3 aliphatic carbocycles. The Morgan fingerprint density at radius 2 is 1.89 bits per heavy atom. The van der Waals surface area contributed by atoms with Gasteiger partial charge in [0.2, 0.25) is 5.91 Å². The number of halogens is 2. The molecular weight excluding hydrogens is 574 g/mol. The Balaban J connectivity index is 1.31. The number of benzene rings is 2. The van der Waals surface area contributed by atoms with Gasteiger partial charge in [0.15, 0.2) is 11.5 Å². The Labute approximate surface area is 256 Å². The Bertz CT molecular complexity index is 1400. The van der Waals surface area contributed by atoms with Gasteiger partial charge in [-0.25, -0.2) is 0 Å². The van der Waals surface area contributed by atoms with Crippen LogP contribution in [0.15, 0.2) is 36.4 Å². The molecule has 1 amide bonds. The summed E-state index contributed by atoms with van der Waals surface area (Å²) >= 11 is 0. The summed E-state index contributed by atoms with van der Waals surface area (Å²) in [5.74, 6) is 0.432. The number of carbonyl (C=O) groups excluding carboxylic acids is 1. The number of hydroxylamine groups is 2. The molecular formula is C33H42F2N2O7. The molecule has 1 saturated heterocycles. The van der Waals surface area contributed by atoms with E-state index in [-0.39, 0.29) is 42.0 Å². The molecule has 1 unspecified atom stereocenters. The van der Waals surface area contributed by atoms with E-state index >= 15 is 0 Å². The van der Waals surface area contributed by atoms with Gasteiger partial charge in [-0.05, 0) is 55.4 Å². The van der Waals surface area contributed by atoms with E-state index in [9.17, 15) is 23.8 Å². The number of alkyl halides is 2. The maximum Gasteiger partial charge on any atom is 0.586 e. The van der Waals surface area contributed by atoms with Crippen molar-refractivity contribution in [3.63, 3.8) is 0 Å². The number of aliphatic hydroxyl groups is 2. The zero-order valence-corrected chi connectivity index (χ0v) is 25.8. The topological polar surface area (TPSA) is 110 Å². The molecule has 44 heavy (non-hydrogen) atoms. The SMILES string of the molecule is COc1c(CN2O[C@@H](CO)[C@@H]([C@H](C)O)[C@H]2C(=O)N[C@H]2C3CC[C@@H]([C@@H]2C)C(C)(C)C3)cccc1-c1cccc2c1OC(F)(F)O2. The van der Waals surface area contributed by atoms with Gasteiger partial charge in [0, 0.05) is 28.7 Å². The second kappa shape index (κ2) is 11.4. The maximum atomic E-state index is 14.1. The molecule has 8 atom stereocenters. The van der Waals surface area contributed by atoms with Crippen LogP contribution in [0.5, 0.6) is 17.2 Å².